The van der Waals surface area contributed by atoms with Gasteiger partial charge in [-0.1, -0.05) is 37.3 Å². The number of hydrogen-bond donors (Lipinski definition) is 2. The largest absolute Gasteiger partial charge is 0.504 e. The number of H-pyrrole nitrogens is 1. The lowest BCUT2D eigenvalue weighted by Gasteiger charge is -2.24. The molecule has 1 aliphatic heterocycles. The molecule has 0 radical (unpaired) electrons. The maximum Gasteiger partial charge on any atom is 0.410 e. The molecule has 0 bridgehead atoms. The van der Waals surface area contributed by atoms with Crippen LogP contribution in [0, 0.1) is 0 Å². The number of carbonyl (C=O) groups excluding carboxylic acids is 2. The number of imidazole rings is 1. The van der Waals surface area contributed by atoms with E-state index in [1.807, 2.05) is 70.2 Å². The van der Waals surface area contributed by atoms with Crippen LogP contribution in [0.25, 0.3) is 44.9 Å². The van der Waals surface area contributed by atoms with E-state index < -0.39 is 5.60 Å². The maximum atomic E-state index is 12.6. The van der Waals surface area contributed by atoms with Gasteiger partial charge in [-0.2, -0.15) is 5.10 Å². The molecule has 0 spiro atoms. The quantitative estimate of drug-likeness (QED) is 0.242. The number of benzene rings is 2. The molecule has 0 unspecified atom stereocenters. The van der Waals surface area contributed by atoms with Gasteiger partial charge in [-0.05, 0) is 55.7 Å². The molecule has 214 valence electrons. The SMILES string of the molecule is CCC(=O)c1ccc(-c2ccc(-c3nn(C)c(-c4nc5cc6c(cc5[nH]4)CN(C(=O)OC(C)(C)C)C6)c3O)cc2)cn1. The molecular weight excluding hydrogens is 532 g/mol. The molecule has 2 N–H and O–H groups in total. The first-order chi connectivity index (χ1) is 20.0. The van der Waals surface area contributed by atoms with Crippen LogP contribution < -0.4 is 0 Å². The highest BCUT2D eigenvalue weighted by molar-refractivity contribution is 5.94. The van der Waals surface area contributed by atoms with Crippen molar-refractivity contribution >= 4 is 22.9 Å². The van der Waals surface area contributed by atoms with Crippen molar-refractivity contribution in [3.8, 4) is 39.7 Å². The molecule has 3 aromatic heterocycles. The van der Waals surface area contributed by atoms with Crippen LogP contribution in [0.3, 0.4) is 0 Å². The number of aromatic hydroxyl groups is 1. The summed E-state index contributed by atoms with van der Waals surface area (Å²) < 4.78 is 7.14. The Labute approximate surface area is 243 Å². The fourth-order valence-corrected chi connectivity index (χ4v) is 5.18. The Morgan fingerprint density at radius 3 is 2.31 bits per heavy atom. The Kier molecular flexibility index (Phi) is 6.56. The molecule has 1 amide bonds. The molecule has 0 aliphatic carbocycles. The van der Waals surface area contributed by atoms with Gasteiger partial charge in [-0.25, -0.2) is 9.78 Å². The standard InChI is InChI=1S/C32H32N6O4/c1-6-26(39)23-12-11-20(15-33-23)18-7-9-19(10-8-18)27-29(40)28(37(5)36-27)30-34-24-13-21-16-38(31(41)42-32(2,3)4)17-22(21)14-25(24)35-30/h7-15,40H,6,16-17H2,1-5H3,(H,34,35). The molecule has 0 fully saturated rings. The first-order valence-corrected chi connectivity index (χ1v) is 13.9. The van der Waals surface area contributed by atoms with E-state index >= 15 is 0 Å². The lowest BCUT2D eigenvalue weighted by Crippen LogP contribution is -2.33. The van der Waals surface area contributed by atoms with Crippen molar-refractivity contribution in [3.63, 3.8) is 0 Å². The predicted molar refractivity (Wildman–Crippen MR) is 159 cm³/mol. The van der Waals surface area contributed by atoms with Crippen molar-refractivity contribution in [1.29, 1.82) is 0 Å². The summed E-state index contributed by atoms with van der Waals surface area (Å²) in [6, 6.07) is 15.3. The summed E-state index contributed by atoms with van der Waals surface area (Å²) >= 11 is 0. The summed E-state index contributed by atoms with van der Waals surface area (Å²) in [7, 11) is 1.77. The predicted octanol–water partition coefficient (Wildman–Crippen LogP) is 6.24. The second-order valence-electron chi connectivity index (χ2n) is 11.5. The molecule has 0 atom stereocenters. The highest BCUT2D eigenvalue weighted by Crippen LogP contribution is 2.38. The topological polar surface area (TPSA) is 126 Å². The van der Waals surface area contributed by atoms with Crippen molar-refractivity contribution in [2.45, 2.75) is 52.8 Å². The Balaban J connectivity index is 1.24. The van der Waals surface area contributed by atoms with Gasteiger partial charge in [0, 0.05) is 43.9 Å². The van der Waals surface area contributed by atoms with Crippen molar-refractivity contribution in [3.05, 3.63) is 71.5 Å². The van der Waals surface area contributed by atoms with Gasteiger partial charge in [-0.15, -0.1) is 0 Å². The number of aromatic amines is 1. The van der Waals surface area contributed by atoms with Crippen molar-refractivity contribution in [1.82, 2.24) is 29.6 Å². The highest BCUT2D eigenvalue weighted by atomic mass is 16.6. The molecule has 1 aliphatic rings. The van der Waals surface area contributed by atoms with E-state index in [1.54, 1.807) is 28.9 Å². The first-order valence-electron chi connectivity index (χ1n) is 13.9. The van der Waals surface area contributed by atoms with Crippen LogP contribution in [0.5, 0.6) is 5.75 Å². The van der Waals surface area contributed by atoms with E-state index in [9.17, 15) is 14.7 Å². The van der Waals surface area contributed by atoms with Crippen LogP contribution in [0.15, 0.2) is 54.7 Å². The average molecular weight is 565 g/mol. The zero-order valence-corrected chi connectivity index (χ0v) is 24.2. The van der Waals surface area contributed by atoms with Crippen LogP contribution >= 0.6 is 0 Å². The van der Waals surface area contributed by atoms with Crippen LogP contribution in [0.4, 0.5) is 4.79 Å². The van der Waals surface area contributed by atoms with Crippen molar-refractivity contribution < 1.29 is 19.4 Å². The summed E-state index contributed by atoms with van der Waals surface area (Å²) in [6.45, 7) is 8.30. The number of rotatable bonds is 5. The lowest BCUT2D eigenvalue weighted by molar-refractivity contribution is 0.0241. The maximum absolute atomic E-state index is 12.6. The smallest absolute Gasteiger partial charge is 0.410 e. The minimum atomic E-state index is -0.555. The zero-order chi connectivity index (χ0) is 29.8. The number of amides is 1. The zero-order valence-electron chi connectivity index (χ0n) is 24.2. The number of nitrogens with zero attached hydrogens (tertiary/aromatic N) is 5. The van der Waals surface area contributed by atoms with E-state index in [4.69, 9.17) is 9.72 Å². The van der Waals surface area contributed by atoms with Gasteiger partial charge in [0.2, 0.25) is 0 Å². The first kappa shape index (κ1) is 27.2. The number of fused-ring (bicyclic) bond motifs is 2. The Bertz CT molecular complexity index is 1790. The molecule has 10 heteroatoms. The van der Waals surface area contributed by atoms with Gasteiger partial charge >= 0.3 is 6.09 Å². The molecular formula is C32H32N6O4. The average Bonchev–Trinajstić information content (AvgIpc) is 3.64. The minimum Gasteiger partial charge on any atom is -0.504 e. The summed E-state index contributed by atoms with van der Waals surface area (Å²) in [5, 5.41) is 15.8. The van der Waals surface area contributed by atoms with Crippen LogP contribution in [0.1, 0.15) is 55.7 Å². The lowest BCUT2D eigenvalue weighted by atomic mass is 10.0. The Hall–Kier alpha value is -4.99. The number of aryl methyl sites for hydroxylation is 1. The Morgan fingerprint density at radius 1 is 1.00 bits per heavy atom. The fourth-order valence-electron chi connectivity index (χ4n) is 5.18. The monoisotopic (exact) mass is 564 g/mol. The molecule has 2 aromatic carbocycles. The number of pyridine rings is 1. The number of carbonyl (C=O) groups is 2. The van der Waals surface area contributed by atoms with Gasteiger partial charge < -0.3 is 14.8 Å². The second kappa shape index (κ2) is 10.1. The van der Waals surface area contributed by atoms with Crippen molar-refractivity contribution in [2.75, 3.05) is 0 Å². The third-order valence-corrected chi connectivity index (χ3v) is 7.29. The van der Waals surface area contributed by atoms with Gasteiger partial charge in [0.15, 0.2) is 17.4 Å². The fraction of sp³-hybridized carbons (Fsp3) is 0.281. The summed E-state index contributed by atoms with van der Waals surface area (Å²) in [5.41, 5.74) is 6.99. The molecule has 42 heavy (non-hydrogen) atoms. The van der Waals surface area contributed by atoms with Crippen molar-refractivity contribution in [2.24, 2.45) is 7.05 Å². The number of hydrogen-bond acceptors (Lipinski definition) is 7. The van der Waals surface area contributed by atoms with E-state index in [-0.39, 0.29) is 17.6 Å². The van der Waals surface area contributed by atoms with Crippen LogP contribution in [-0.4, -0.2) is 52.2 Å². The van der Waals surface area contributed by atoms with E-state index in [2.05, 4.69) is 15.1 Å². The van der Waals surface area contributed by atoms with Crippen LogP contribution in [0.2, 0.25) is 0 Å². The van der Waals surface area contributed by atoms with E-state index in [0.29, 0.717) is 42.4 Å². The van der Waals surface area contributed by atoms with Gasteiger partial charge in [0.25, 0.3) is 0 Å². The minimum absolute atomic E-state index is 0.0109. The summed E-state index contributed by atoms with van der Waals surface area (Å²) in [4.78, 5) is 38.5. The van der Waals surface area contributed by atoms with E-state index in [1.165, 1.54) is 0 Å². The third kappa shape index (κ3) is 5.00. The highest BCUT2D eigenvalue weighted by Gasteiger charge is 2.29. The number of ketones is 1. The number of aromatic nitrogens is 5. The molecule has 10 nitrogen and oxygen atoms in total. The Morgan fingerprint density at radius 2 is 1.67 bits per heavy atom. The van der Waals surface area contributed by atoms with Gasteiger partial charge in [0.05, 0.1) is 11.0 Å². The van der Waals surface area contributed by atoms with Gasteiger partial charge in [-0.3, -0.25) is 19.4 Å². The number of Topliss-reactive ketones (excluding diaryl/α,β-unsaturated/α-hetero) is 1. The molecule has 0 saturated carbocycles. The molecule has 4 heterocycles. The summed E-state index contributed by atoms with van der Waals surface area (Å²) in [5.74, 6) is 0.537. The molecule has 6 rings (SSSR count). The molecule has 0 saturated heterocycles. The number of ether oxygens (including phenoxy) is 1. The third-order valence-electron chi connectivity index (χ3n) is 7.29. The van der Waals surface area contributed by atoms with Gasteiger partial charge in [0.1, 0.15) is 22.7 Å². The normalized spacial score (nSPS) is 13.0. The summed E-state index contributed by atoms with van der Waals surface area (Å²) in [6.07, 6.45) is 1.77. The molecule has 5 aromatic rings. The van der Waals surface area contributed by atoms with E-state index in [0.717, 1.165) is 38.9 Å². The van der Waals surface area contributed by atoms with Crippen LogP contribution in [-0.2, 0) is 24.9 Å². The number of nitrogens with one attached hydrogen (secondary N) is 1. The second-order valence-corrected chi connectivity index (χ2v) is 11.5.